The van der Waals surface area contributed by atoms with Gasteiger partial charge in [0.15, 0.2) is 0 Å². The third-order valence-corrected chi connectivity index (χ3v) is 3.63. The standard InChI is InChI=1S/C15H24N2O/c16-12-15-13-18-11-10-17(15)9-5-4-8-14-6-2-1-3-7-14/h1-3,6-7,15H,4-5,8-13,16H2. The van der Waals surface area contributed by atoms with Crippen LogP contribution in [0.3, 0.4) is 0 Å². The Morgan fingerprint density at radius 1 is 1.22 bits per heavy atom. The van der Waals surface area contributed by atoms with Crippen LogP contribution >= 0.6 is 0 Å². The molecule has 18 heavy (non-hydrogen) atoms. The van der Waals surface area contributed by atoms with Gasteiger partial charge < -0.3 is 10.5 Å². The Balaban J connectivity index is 1.65. The minimum atomic E-state index is 0.426. The molecule has 0 bridgehead atoms. The first kappa shape index (κ1) is 13.5. The zero-order valence-corrected chi connectivity index (χ0v) is 11.1. The Hall–Kier alpha value is -0.900. The summed E-state index contributed by atoms with van der Waals surface area (Å²) in [6, 6.07) is 11.1. The highest BCUT2D eigenvalue weighted by atomic mass is 16.5. The Labute approximate surface area is 110 Å². The lowest BCUT2D eigenvalue weighted by atomic mass is 10.1. The van der Waals surface area contributed by atoms with Crippen molar-refractivity contribution in [2.75, 3.05) is 32.8 Å². The fraction of sp³-hybridized carbons (Fsp3) is 0.600. The Kier molecular flexibility index (Phi) is 5.65. The summed E-state index contributed by atoms with van der Waals surface area (Å²) in [5, 5.41) is 0. The van der Waals surface area contributed by atoms with Crippen molar-refractivity contribution in [3.63, 3.8) is 0 Å². The van der Waals surface area contributed by atoms with Gasteiger partial charge in [0.05, 0.1) is 13.2 Å². The number of hydrogen-bond donors (Lipinski definition) is 1. The van der Waals surface area contributed by atoms with E-state index in [1.807, 2.05) is 0 Å². The normalized spacial score (nSPS) is 21.1. The predicted octanol–water partition coefficient (Wildman–Crippen LogP) is 1.67. The van der Waals surface area contributed by atoms with Gasteiger partial charge in [0.2, 0.25) is 0 Å². The van der Waals surface area contributed by atoms with Crippen molar-refractivity contribution in [3.05, 3.63) is 35.9 Å². The number of aryl methyl sites for hydroxylation is 1. The van der Waals surface area contributed by atoms with E-state index in [0.717, 1.165) is 26.3 Å². The zero-order valence-electron chi connectivity index (χ0n) is 11.1. The monoisotopic (exact) mass is 248 g/mol. The molecule has 1 aliphatic rings. The molecule has 0 saturated carbocycles. The number of nitrogens with zero attached hydrogens (tertiary/aromatic N) is 1. The Bertz CT molecular complexity index is 329. The largest absolute Gasteiger partial charge is 0.378 e. The van der Waals surface area contributed by atoms with Crippen molar-refractivity contribution >= 4 is 0 Å². The van der Waals surface area contributed by atoms with E-state index in [-0.39, 0.29) is 0 Å². The number of morpholine rings is 1. The molecule has 100 valence electrons. The van der Waals surface area contributed by atoms with Crippen LogP contribution in [0, 0.1) is 0 Å². The van der Waals surface area contributed by atoms with E-state index in [9.17, 15) is 0 Å². The van der Waals surface area contributed by atoms with Crippen LogP contribution < -0.4 is 5.73 Å². The van der Waals surface area contributed by atoms with E-state index in [1.54, 1.807) is 0 Å². The van der Waals surface area contributed by atoms with E-state index in [4.69, 9.17) is 10.5 Å². The van der Waals surface area contributed by atoms with E-state index < -0.39 is 0 Å². The van der Waals surface area contributed by atoms with E-state index in [1.165, 1.54) is 24.8 Å². The van der Waals surface area contributed by atoms with Gasteiger partial charge in [-0.25, -0.2) is 0 Å². The van der Waals surface area contributed by atoms with Gasteiger partial charge in [0, 0.05) is 19.1 Å². The summed E-state index contributed by atoms with van der Waals surface area (Å²) in [5.74, 6) is 0. The lowest BCUT2D eigenvalue weighted by Crippen LogP contribution is -2.49. The van der Waals surface area contributed by atoms with Crippen LogP contribution in [0.15, 0.2) is 30.3 Å². The molecule has 2 N–H and O–H groups in total. The van der Waals surface area contributed by atoms with Crippen LogP contribution in [0.5, 0.6) is 0 Å². The van der Waals surface area contributed by atoms with Gasteiger partial charge in [0.25, 0.3) is 0 Å². The quantitative estimate of drug-likeness (QED) is 0.778. The molecule has 0 amide bonds. The summed E-state index contributed by atoms with van der Waals surface area (Å²) in [5.41, 5.74) is 7.21. The van der Waals surface area contributed by atoms with Gasteiger partial charge in [-0.2, -0.15) is 0 Å². The average molecular weight is 248 g/mol. The highest BCUT2D eigenvalue weighted by molar-refractivity contribution is 5.14. The van der Waals surface area contributed by atoms with Crippen LogP contribution in [0.4, 0.5) is 0 Å². The number of hydrogen-bond acceptors (Lipinski definition) is 3. The number of benzene rings is 1. The highest BCUT2D eigenvalue weighted by Gasteiger charge is 2.20. The van der Waals surface area contributed by atoms with Crippen LogP contribution in [-0.4, -0.2) is 43.8 Å². The fourth-order valence-corrected chi connectivity index (χ4v) is 2.49. The zero-order chi connectivity index (χ0) is 12.6. The smallest absolute Gasteiger partial charge is 0.0634 e. The molecule has 3 heteroatoms. The molecule has 1 heterocycles. The van der Waals surface area contributed by atoms with Gasteiger partial charge in [-0.15, -0.1) is 0 Å². The molecule has 0 aliphatic carbocycles. The summed E-state index contributed by atoms with van der Waals surface area (Å²) in [4.78, 5) is 2.48. The second kappa shape index (κ2) is 7.52. The average Bonchev–Trinajstić information content (AvgIpc) is 2.45. The molecular formula is C15H24N2O. The van der Waals surface area contributed by atoms with Gasteiger partial charge in [-0.1, -0.05) is 30.3 Å². The molecule has 1 aliphatic heterocycles. The van der Waals surface area contributed by atoms with Crippen molar-refractivity contribution < 1.29 is 4.74 Å². The number of nitrogens with two attached hydrogens (primary N) is 1. The van der Waals surface area contributed by atoms with Crippen molar-refractivity contribution in [2.45, 2.75) is 25.3 Å². The SMILES string of the molecule is NCC1COCCN1CCCCc1ccccc1. The first-order valence-corrected chi connectivity index (χ1v) is 6.96. The van der Waals surface area contributed by atoms with Crippen LogP contribution in [0.25, 0.3) is 0 Å². The molecule has 3 nitrogen and oxygen atoms in total. The summed E-state index contributed by atoms with van der Waals surface area (Å²) in [6.45, 7) is 4.55. The topological polar surface area (TPSA) is 38.5 Å². The maximum Gasteiger partial charge on any atom is 0.0634 e. The molecule has 0 radical (unpaired) electrons. The van der Waals surface area contributed by atoms with Crippen molar-refractivity contribution in [1.82, 2.24) is 4.90 Å². The van der Waals surface area contributed by atoms with Crippen molar-refractivity contribution in [2.24, 2.45) is 5.73 Å². The lowest BCUT2D eigenvalue weighted by Gasteiger charge is -2.34. The molecule has 1 saturated heterocycles. The number of rotatable bonds is 6. The Morgan fingerprint density at radius 2 is 2.06 bits per heavy atom. The van der Waals surface area contributed by atoms with Gasteiger partial charge in [0.1, 0.15) is 0 Å². The highest BCUT2D eigenvalue weighted by Crippen LogP contribution is 2.09. The predicted molar refractivity (Wildman–Crippen MR) is 74.6 cm³/mol. The molecule has 1 unspecified atom stereocenters. The van der Waals surface area contributed by atoms with Gasteiger partial charge in [-0.05, 0) is 31.4 Å². The first-order chi connectivity index (χ1) is 8.90. The molecule has 1 atom stereocenters. The van der Waals surface area contributed by atoms with Gasteiger partial charge in [-0.3, -0.25) is 4.90 Å². The van der Waals surface area contributed by atoms with Gasteiger partial charge >= 0.3 is 0 Å². The van der Waals surface area contributed by atoms with Crippen LogP contribution in [-0.2, 0) is 11.2 Å². The van der Waals surface area contributed by atoms with E-state index in [0.29, 0.717) is 12.6 Å². The lowest BCUT2D eigenvalue weighted by molar-refractivity contribution is -0.00438. The summed E-state index contributed by atoms with van der Waals surface area (Å²) < 4.78 is 5.46. The molecule has 1 aromatic carbocycles. The third-order valence-electron chi connectivity index (χ3n) is 3.63. The third kappa shape index (κ3) is 4.09. The molecule has 0 aromatic heterocycles. The maximum absolute atomic E-state index is 5.77. The number of ether oxygens (including phenoxy) is 1. The molecule has 1 fully saturated rings. The van der Waals surface area contributed by atoms with Crippen LogP contribution in [0.2, 0.25) is 0 Å². The van der Waals surface area contributed by atoms with Crippen molar-refractivity contribution in [1.29, 1.82) is 0 Å². The molecule has 1 aromatic rings. The summed E-state index contributed by atoms with van der Waals surface area (Å²) >= 11 is 0. The second-order valence-corrected chi connectivity index (χ2v) is 4.94. The molecule has 0 spiro atoms. The van der Waals surface area contributed by atoms with Crippen LogP contribution in [0.1, 0.15) is 18.4 Å². The van der Waals surface area contributed by atoms with Crippen molar-refractivity contribution in [3.8, 4) is 0 Å². The number of unbranched alkanes of at least 4 members (excludes halogenated alkanes) is 1. The first-order valence-electron chi connectivity index (χ1n) is 6.96. The maximum atomic E-state index is 5.77. The molecular weight excluding hydrogens is 224 g/mol. The molecule has 2 rings (SSSR count). The fourth-order valence-electron chi connectivity index (χ4n) is 2.49. The Morgan fingerprint density at radius 3 is 2.83 bits per heavy atom. The summed E-state index contributed by atoms with van der Waals surface area (Å²) in [7, 11) is 0. The van der Waals surface area contributed by atoms with E-state index in [2.05, 4.69) is 35.2 Å². The second-order valence-electron chi connectivity index (χ2n) is 4.94. The van der Waals surface area contributed by atoms with E-state index >= 15 is 0 Å². The minimum absolute atomic E-state index is 0.426. The minimum Gasteiger partial charge on any atom is -0.378 e. The summed E-state index contributed by atoms with van der Waals surface area (Å²) in [6.07, 6.45) is 3.67.